The van der Waals surface area contributed by atoms with Crippen molar-refractivity contribution in [3.8, 4) is 17.6 Å². The summed E-state index contributed by atoms with van der Waals surface area (Å²) in [6.45, 7) is 8.39. The number of hydrogen-bond donors (Lipinski definition) is 1. The van der Waals surface area contributed by atoms with Crippen molar-refractivity contribution in [1.82, 2.24) is 0 Å². The zero-order valence-electron chi connectivity index (χ0n) is 21.8. The molecule has 3 aromatic rings. The molecule has 1 N–H and O–H groups in total. The van der Waals surface area contributed by atoms with Gasteiger partial charge in [0, 0.05) is 16.3 Å². The molecule has 0 unspecified atom stereocenters. The zero-order chi connectivity index (χ0) is 28.2. The van der Waals surface area contributed by atoms with Crippen molar-refractivity contribution in [2.24, 2.45) is 0 Å². The summed E-state index contributed by atoms with van der Waals surface area (Å²) in [6, 6.07) is 19.1. The van der Waals surface area contributed by atoms with Crippen molar-refractivity contribution >= 4 is 35.2 Å². The van der Waals surface area contributed by atoms with Crippen molar-refractivity contribution in [2.75, 3.05) is 18.5 Å². The molecule has 0 bridgehead atoms. The molecule has 0 radical (unpaired) electrons. The minimum Gasteiger partial charge on any atom is -0.490 e. The lowest BCUT2D eigenvalue weighted by atomic mass is 10.0. The summed E-state index contributed by atoms with van der Waals surface area (Å²) in [5, 5.41) is 13.0. The van der Waals surface area contributed by atoms with Crippen LogP contribution in [0.1, 0.15) is 40.9 Å². The normalized spacial score (nSPS) is 10.8. The van der Waals surface area contributed by atoms with Crippen LogP contribution in [0.2, 0.25) is 5.02 Å². The highest BCUT2D eigenvalue weighted by Crippen LogP contribution is 2.35. The third-order valence-corrected chi connectivity index (χ3v) is 5.70. The van der Waals surface area contributed by atoms with Crippen LogP contribution in [0.25, 0.3) is 6.08 Å². The van der Waals surface area contributed by atoms with Gasteiger partial charge in [-0.2, -0.15) is 5.26 Å². The fourth-order valence-corrected chi connectivity index (χ4v) is 3.78. The Kier molecular flexibility index (Phi) is 10.7. The first-order chi connectivity index (χ1) is 18.9. The van der Waals surface area contributed by atoms with Gasteiger partial charge in [0.15, 0.2) is 11.5 Å². The summed E-state index contributed by atoms with van der Waals surface area (Å²) in [5.41, 5.74) is 3.02. The maximum Gasteiger partial charge on any atom is 0.338 e. The molecule has 39 heavy (non-hydrogen) atoms. The van der Waals surface area contributed by atoms with Gasteiger partial charge in [-0.15, -0.1) is 6.58 Å². The second kappa shape index (κ2) is 14.4. The number of benzene rings is 3. The smallest absolute Gasteiger partial charge is 0.338 e. The predicted octanol–water partition coefficient (Wildman–Crippen LogP) is 6.77. The Labute approximate surface area is 233 Å². The quantitative estimate of drug-likeness (QED) is 0.117. The summed E-state index contributed by atoms with van der Waals surface area (Å²) in [7, 11) is 0. The number of allylic oxidation sites excluding steroid dienone is 1. The largest absolute Gasteiger partial charge is 0.490 e. The van der Waals surface area contributed by atoms with Gasteiger partial charge in [0.2, 0.25) is 0 Å². The number of anilines is 1. The summed E-state index contributed by atoms with van der Waals surface area (Å²) >= 11 is 5.98. The van der Waals surface area contributed by atoms with Crippen LogP contribution < -0.4 is 14.8 Å². The predicted molar refractivity (Wildman–Crippen MR) is 152 cm³/mol. The number of rotatable bonds is 12. The van der Waals surface area contributed by atoms with Crippen molar-refractivity contribution < 1.29 is 23.8 Å². The van der Waals surface area contributed by atoms with Crippen LogP contribution in [0.5, 0.6) is 11.5 Å². The molecule has 0 saturated carbocycles. The Bertz CT molecular complexity index is 1390. The zero-order valence-corrected chi connectivity index (χ0v) is 22.6. The van der Waals surface area contributed by atoms with Crippen LogP contribution in [0.4, 0.5) is 5.69 Å². The molecule has 0 fully saturated rings. The molecule has 7 nitrogen and oxygen atoms in total. The molecule has 0 atom stereocenters. The van der Waals surface area contributed by atoms with Gasteiger partial charge >= 0.3 is 5.97 Å². The van der Waals surface area contributed by atoms with E-state index in [9.17, 15) is 14.9 Å². The Morgan fingerprint density at radius 2 is 1.74 bits per heavy atom. The summed E-state index contributed by atoms with van der Waals surface area (Å²) in [5.74, 6) is 0.0134. The van der Waals surface area contributed by atoms with E-state index in [-0.39, 0.29) is 12.2 Å². The topological polar surface area (TPSA) is 97.7 Å². The molecule has 8 heteroatoms. The molecule has 3 rings (SSSR count). The fourth-order valence-electron chi connectivity index (χ4n) is 3.65. The highest BCUT2D eigenvalue weighted by Gasteiger charge is 2.16. The Hall–Kier alpha value is -4.54. The van der Waals surface area contributed by atoms with Crippen LogP contribution >= 0.6 is 11.6 Å². The van der Waals surface area contributed by atoms with Crippen LogP contribution in [0.3, 0.4) is 0 Å². The van der Waals surface area contributed by atoms with Gasteiger partial charge in [0.25, 0.3) is 5.91 Å². The van der Waals surface area contributed by atoms with Crippen molar-refractivity contribution in [2.45, 2.75) is 26.9 Å². The van der Waals surface area contributed by atoms with Gasteiger partial charge in [0.05, 0.1) is 18.8 Å². The molecule has 0 aliphatic rings. The third kappa shape index (κ3) is 8.22. The lowest BCUT2D eigenvalue weighted by Gasteiger charge is -2.17. The minimum atomic E-state index is -0.590. The fraction of sp³-hybridized carbons (Fsp3) is 0.194. The van der Waals surface area contributed by atoms with E-state index in [0.29, 0.717) is 53.0 Å². The molecule has 0 saturated heterocycles. The lowest BCUT2D eigenvalue weighted by Crippen LogP contribution is -2.13. The highest BCUT2D eigenvalue weighted by molar-refractivity contribution is 6.30. The van der Waals surface area contributed by atoms with E-state index in [2.05, 4.69) is 11.9 Å². The van der Waals surface area contributed by atoms with Crippen molar-refractivity contribution in [3.05, 3.63) is 106 Å². The number of nitrogens with one attached hydrogen (secondary N) is 1. The second-order valence-electron chi connectivity index (χ2n) is 8.27. The van der Waals surface area contributed by atoms with E-state index >= 15 is 0 Å². The van der Waals surface area contributed by atoms with E-state index in [1.807, 2.05) is 31.2 Å². The van der Waals surface area contributed by atoms with E-state index in [1.165, 1.54) is 6.08 Å². The van der Waals surface area contributed by atoms with Crippen molar-refractivity contribution in [1.29, 1.82) is 5.26 Å². The number of hydrogen-bond acceptors (Lipinski definition) is 6. The average molecular weight is 545 g/mol. The van der Waals surface area contributed by atoms with Crippen molar-refractivity contribution in [3.63, 3.8) is 0 Å². The first kappa shape index (κ1) is 29.0. The number of esters is 1. The average Bonchev–Trinajstić information content (AvgIpc) is 2.93. The van der Waals surface area contributed by atoms with E-state index in [0.717, 1.165) is 11.1 Å². The number of nitriles is 1. The van der Waals surface area contributed by atoms with Gasteiger partial charge < -0.3 is 19.5 Å². The lowest BCUT2D eigenvalue weighted by molar-refractivity contribution is -0.112. The maximum absolute atomic E-state index is 12.9. The van der Waals surface area contributed by atoms with Gasteiger partial charge in [-0.05, 0) is 86.0 Å². The monoisotopic (exact) mass is 544 g/mol. The Morgan fingerprint density at radius 3 is 2.36 bits per heavy atom. The standard InChI is InChI=1S/C31H29ClN2O5/c1-4-7-24-16-22(18-28(37-5-2)29(24)39-20-21-8-12-26(32)13-9-21)17-25(19-33)30(35)34-27-14-10-23(11-15-27)31(36)38-6-3/h4,8-18H,1,5-7,20H2,2-3H3,(H,34,35)/b25-17+. The van der Waals surface area contributed by atoms with E-state index in [1.54, 1.807) is 55.5 Å². The highest BCUT2D eigenvalue weighted by atomic mass is 35.5. The van der Waals surface area contributed by atoms with Gasteiger partial charge in [-0.1, -0.05) is 29.8 Å². The molecule has 0 aliphatic carbocycles. The van der Waals surface area contributed by atoms with Crippen LogP contribution in [-0.4, -0.2) is 25.1 Å². The minimum absolute atomic E-state index is 0.105. The first-order valence-electron chi connectivity index (χ1n) is 12.4. The number of carbonyl (C=O) groups is 2. The molecule has 0 heterocycles. The van der Waals surface area contributed by atoms with Crippen LogP contribution in [0.15, 0.2) is 78.9 Å². The molecular formula is C31H29ClN2O5. The second-order valence-corrected chi connectivity index (χ2v) is 8.71. The molecule has 0 aliphatic heterocycles. The van der Waals surface area contributed by atoms with E-state index in [4.69, 9.17) is 25.8 Å². The molecule has 200 valence electrons. The van der Waals surface area contributed by atoms with Crippen LogP contribution in [0, 0.1) is 11.3 Å². The molecule has 0 aromatic heterocycles. The number of ether oxygens (including phenoxy) is 3. The van der Waals surface area contributed by atoms with Gasteiger partial charge in [0.1, 0.15) is 18.2 Å². The molecule has 0 spiro atoms. The van der Waals surface area contributed by atoms with E-state index < -0.39 is 11.9 Å². The Balaban J connectivity index is 1.86. The number of amides is 1. The van der Waals surface area contributed by atoms with Crippen LogP contribution in [-0.2, 0) is 22.6 Å². The van der Waals surface area contributed by atoms with Gasteiger partial charge in [-0.25, -0.2) is 4.79 Å². The molecule has 1 amide bonds. The molecular weight excluding hydrogens is 516 g/mol. The summed E-state index contributed by atoms with van der Waals surface area (Å²) < 4.78 is 17.0. The Morgan fingerprint density at radius 1 is 1.03 bits per heavy atom. The summed E-state index contributed by atoms with van der Waals surface area (Å²) in [6.07, 6.45) is 3.71. The SMILES string of the molecule is C=CCc1cc(/C=C(\C#N)C(=O)Nc2ccc(C(=O)OCC)cc2)cc(OCC)c1OCc1ccc(Cl)cc1. The summed E-state index contributed by atoms with van der Waals surface area (Å²) in [4.78, 5) is 24.7. The third-order valence-electron chi connectivity index (χ3n) is 5.44. The van der Waals surface area contributed by atoms with Gasteiger partial charge in [-0.3, -0.25) is 4.79 Å². The number of carbonyl (C=O) groups excluding carboxylic acids is 2. The number of halogens is 1. The first-order valence-corrected chi connectivity index (χ1v) is 12.7. The maximum atomic E-state index is 12.9. The number of nitrogens with zero attached hydrogens (tertiary/aromatic N) is 1. The molecule has 3 aromatic carbocycles.